The number of carbonyl (C=O) groups excluding carboxylic acids is 1. The first kappa shape index (κ1) is 21.3. The lowest BCUT2D eigenvalue weighted by Crippen LogP contribution is -2.17. The molecule has 0 aliphatic heterocycles. The van der Waals surface area contributed by atoms with E-state index in [-0.39, 0.29) is 5.69 Å². The lowest BCUT2D eigenvalue weighted by atomic mass is 10.0. The molecule has 2 N–H and O–H groups in total. The van der Waals surface area contributed by atoms with Gasteiger partial charge >= 0.3 is 6.36 Å². The lowest BCUT2D eigenvalue weighted by molar-refractivity contribution is -0.274. The summed E-state index contributed by atoms with van der Waals surface area (Å²) in [6.45, 7) is 0. The summed E-state index contributed by atoms with van der Waals surface area (Å²) >= 11 is 0. The molecule has 1 amide bonds. The summed E-state index contributed by atoms with van der Waals surface area (Å²) in [7, 11) is 0. The molecule has 2 aromatic heterocycles. The molecule has 5 rings (SSSR count). The van der Waals surface area contributed by atoms with E-state index >= 15 is 0 Å². The summed E-state index contributed by atoms with van der Waals surface area (Å²) in [5.41, 5.74) is 1.17. The van der Waals surface area contributed by atoms with Crippen LogP contribution >= 0.6 is 0 Å². The maximum Gasteiger partial charge on any atom is 0.573 e. The van der Waals surface area contributed by atoms with Gasteiger partial charge in [0, 0.05) is 23.5 Å². The molecule has 2 heterocycles. The number of halogens is 3. The monoisotopic (exact) mass is 464 g/mol. The van der Waals surface area contributed by atoms with Gasteiger partial charge < -0.3 is 19.8 Å². The maximum absolute atomic E-state index is 12.9. The van der Waals surface area contributed by atoms with Crippen LogP contribution in [0.2, 0.25) is 0 Å². The molecule has 0 spiro atoms. The van der Waals surface area contributed by atoms with Crippen molar-refractivity contribution in [1.29, 1.82) is 0 Å². The molecular weight excluding hydrogens is 449 g/mol. The highest BCUT2D eigenvalue weighted by atomic mass is 19.4. The van der Waals surface area contributed by atoms with Crippen molar-refractivity contribution in [2.75, 3.05) is 5.32 Å². The predicted octanol–water partition coefficient (Wildman–Crippen LogP) is 6.05. The average molecular weight is 464 g/mol. The molecule has 0 saturated heterocycles. The quantitative estimate of drug-likeness (QED) is 0.330. The number of nitrogens with one attached hydrogen (secondary N) is 2. The highest BCUT2D eigenvalue weighted by Gasteiger charge is 2.31. The fourth-order valence-corrected chi connectivity index (χ4v) is 3.53. The Morgan fingerprint density at radius 3 is 2.62 bits per heavy atom. The van der Waals surface area contributed by atoms with Crippen LogP contribution in [-0.4, -0.2) is 27.2 Å². The molecule has 0 atom stereocenters. The molecule has 34 heavy (non-hydrogen) atoms. The first-order chi connectivity index (χ1) is 16.4. The van der Waals surface area contributed by atoms with Gasteiger partial charge in [-0.15, -0.1) is 13.2 Å². The topological polar surface area (TPSA) is 89.1 Å². The molecule has 0 saturated carbocycles. The molecule has 0 aliphatic carbocycles. The first-order valence-electron chi connectivity index (χ1n) is 10.0. The number of amides is 1. The van der Waals surface area contributed by atoms with Crippen molar-refractivity contribution in [1.82, 2.24) is 15.0 Å². The molecule has 0 aliphatic rings. The molecule has 3 aromatic carbocycles. The Balaban J connectivity index is 1.40. The van der Waals surface area contributed by atoms with Crippen molar-refractivity contribution < 1.29 is 27.4 Å². The zero-order chi connectivity index (χ0) is 23.7. The van der Waals surface area contributed by atoms with Gasteiger partial charge in [-0.05, 0) is 53.2 Å². The maximum atomic E-state index is 12.9. The summed E-state index contributed by atoms with van der Waals surface area (Å²) in [5, 5.41) is 4.72. The molecule has 0 fully saturated rings. The highest BCUT2D eigenvalue weighted by molar-refractivity contribution is 6.13. The fourth-order valence-electron chi connectivity index (χ4n) is 3.53. The Hall–Kier alpha value is -4.60. The number of nitrogens with zero attached hydrogens (tertiary/aromatic N) is 2. The molecule has 170 valence electrons. The Bertz CT molecular complexity index is 1510. The fraction of sp³-hybridized carbons (Fsp3) is 0.0417. The second kappa shape index (κ2) is 8.39. The first-order valence-corrected chi connectivity index (χ1v) is 10.0. The van der Waals surface area contributed by atoms with E-state index in [0.29, 0.717) is 28.2 Å². The summed E-state index contributed by atoms with van der Waals surface area (Å²) in [5.74, 6) is 0.00299. The number of H-pyrrole nitrogens is 1. The number of hydrogen-bond donors (Lipinski definition) is 2. The van der Waals surface area contributed by atoms with Gasteiger partial charge in [0.2, 0.25) is 5.88 Å². The standard InChI is InChI=1S/C24H15F3N4O3/c25-24(26,27)34-17-5-2-4-15(12-17)31-22(32)19-6-1-3-14-11-16(7-8-18(14)19)33-23-20-9-10-28-21(20)29-13-30-23/h1-13H,(H,31,32)(H,28,29,30). The Morgan fingerprint density at radius 1 is 0.912 bits per heavy atom. The third-order valence-corrected chi connectivity index (χ3v) is 4.95. The predicted molar refractivity (Wildman–Crippen MR) is 119 cm³/mol. The number of rotatable bonds is 5. The molecule has 10 heteroatoms. The van der Waals surface area contributed by atoms with Crippen molar-refractivity contribution >= 4 is 33.4 Å². The van der Waals surface area contributed by atoms with Crippen molar-refractivity contribution in [3.8, 4) is 17.4 Å². The Labute approximate surface area is 190 Å². The van der Waals surface area contributed by atoms with Crippen molar-refractivity contribution in [2.24, 2.45) is 0 Å². The average Bonchev–Trinajstić information content (AvgIpc) is 3.28. The normalized spacial score (nSPS) is 11.5. The number of hydrogen-bond acceptors (Lipinski definition) is 5. The largest absolute Gasteiger partial charge is 0.573 e. The van der Waals surface area contributed by atoms with Crippen LogP contribution in [-0.2, 0) is 0 Å². The zero-order valence-electron chi connectivity index (χ0n) is 17.3. The summed E-state index contributed by atoms with van der Waals surface area (Å²) in [4.78, 5) is 24.2. The number of aromatic amines is 1. The van der Waals surface area contributed by atoms with E-state index in [4.69, 9.17) is 4.74 Å². The zero-order valence-corrected chi connectivity index (χ0v) is 17.3. The van der Waals surface area contributed by atoms with Gasteiger partial charge in [-0.1, -0.05) is 18.2 Å². The minimum atomic E-state index is -4.82. The van der Waals surface area contributed by atoms with E-state index in [1.807, 2.05) is 12.1 Å². The molecule has 0 bridgehead atoms. The van der Waals surface area contributed by atoms with E-state index in [0.717, 1.165) is 22.9 Å². The Kier molecular flexibility index (Phi) is 5.25. The number of anilines is 1. The number of ether oxygens (including phenoxy) is 2. The minimum Gasteiger partial charge on any atom is -0.438 e. The highest BCUT2D eigenvalue weighted by Crippen LogP contribution is 2.30. The Morgan fingerprint density at radius 2 is 1.76 bits per heavy atom. The third-order valence-electron chi connectivity index (χ3n) is 4.95. The van der Waals surface area contributed by atoms with Gasteiger partial charge in [-0.25, -0.2) is 9.97 Å². The number of alkyl halides is 3. The van der Waals surface area contributed by atoms with E-state index in [2.05, 4.69) is 25.0 Å². The van der Waals surface area contributed by atoms with E-state index in [1.54, 1.807) is 36.5 Å². The number of aromatic nitrogens is 3. The second-order valence-electron chi connectivity index (χ2n) is 7.24. The lowest BCUT2D eigenvalue weighted by Gasteiger charge is -2.12. The van der Waals surface area contributed by atoms with Gasteiger partial charge in [-0.2, -0.15) is 0 Å². The number of benzene rings is 3. The van der Waals surface area contributed by atoms with E-state index in [9.17, 15) is 18.0 Å². The van der Waals surface area contributed by atoms with Crippen molar-refractivity contribution in [2.45, 2.75) is 6.36 Å². The summed E-state index contributed by atoms with van der Waals surface area (Å²) in [6.07, 6.45) is -1.69. The van der Waals surface area contributed by atoms with E-state index < -0.39 is 18.0 Å². The van der Waals surface area contributed by atoms with Crippen LogP contribution in [0.3, 0.4) is 0 Å². The van der Waals surface area contributed by atoms with Gasteiger partial charge in [-0.3, -0.25) is 4.79 Å². The summed E-state index contributed by atoms with van der Waals surface area (Å²) < 4.78 is 47.3. The molecule has 0 radical (unpaired) electrons. The third kappa shape index (κ3) is 4.46. The molecule has 0 unspecified atom stereocenters. The second-order valence-corrected chi connectivity index (χ2v) is 7.24. The van der Waals surface area contributed by atoms with Crippen LogP contribution in [0.4, 0.5) is 18.9 Å². The van der Waals surface area contributed by atoms with E-state index in [1.165, 1.54) is 18.5 Å². The van der Waals surface area contributed by atoms with Crippen LogP contribution in [0.25, 0.3) is 21.8 Å². The minimum absolute atomic E-state index is 0.169. The molecule has 7 nitrogen and oxygen atoms in total. The smallest absolute Gasteiger partial charge is 0.438 e. The van der Waals surface area contributed by atoms with Gasteiger partial charge in [0.25, 0.3) is 5.91 Å². The summed E-state index contributed by atoms with van der Waals surface area (Å²) in [6, 6.07) is 17.3. The molecule has 5 aromatic rings. The SMILES string of the molecule is O=C(Nc1cccc(OC(F)(F)F)c1)c1cccc2cc(Oc3ncnc4[nH]ccc34)ccc12. The van der Waals surface area contributed by atoms with Crippen molar-refractivity contribution in [3.63, 3.8) is 0 Å². The van der Waals surface area contributed by atoms with Gasteiger partial charge in [0.1, 0.15) is 23.5 Å². The van der Waals surface area contributed by atoms with Crippen LogP contribution in [0.1, 0.15) is 10.4 Å². The van der Waals surface area contributed by atoms with Gasteiger partial charge in [0.05, 0.1) is 5.39 Å². The van der Waals surface area contributed by atoms with Gasteiger partial charge in [0.15, 0.2) is 0 Å². The molecular formula is C24H15F3N4O3. The van der Waals surface area contributed by atoms with Crippen molar-refractivity contribution in [3.05, 3.63) is 84.8 Å². The van der Waals surface area contributed by atoms with Crippen LogP contribution in [0.15, 0.2) is 79.3 Å². The van der Waals surface area contributed by atoms with Crippen LogP contribution < -0.4 is 14.8 Å². The number of fused-ring (bicyclic) bond motifs is 2. The number of carbonyl (C=O) groups is 1. The van der Waals surface area contributed by atoms with Crippen LogP contribution in [0.5, 0.6) is 17.4 Å². The van der Waals surface area contributed by atoms with Crippen LogP contribution in [0, 0.1) is 0 Å².